The third-order valence-electron chi connectivity index (χ3n) is 5.87. The number of ether oxygens (including phenoxy) is 2. The van der Waals surface area contributed by atoms with Gasteiger partial charge in [-0.25, -0.2) is 4.39 Å². The van der Waals surface area contributed by atoms with E-state index in [9.17, 15) is 4.39 Å². The Labute approximate surface area is 196 Å². The molecule has 0 amide bonds. The number of likely N-dealkylation sites (tertiary alicyclic amines) is 1. The molecule has 0 atom stereocenters. The summed E-state index contributed by atoms with van der Waals surface area (Å²) >= 11 is 0. The van der Waals surface area contributed by atoms with Gasteiger partial charge in [0.05, 0.1) is 0 Å². The van der Waals surface area contributed by atoms with E-state index < -0.39 is 0 Å². The van der Waals surface area contributed by atoms with Crippen LogP contribution < -0.4 is 9.47 Å². The maximum Gasteiger partial charge on any atom is 0.123 e. The molecule has 4 rings (SSSR count). The topological polar surface area (TPSA) is 21.7 Å². The number of rotatable bonds is 9. The molecule has 5 heteroatoms. The van der Waals surface area contributed by atoms with Crippen LogP contribution in [-0.2, 0) is 13.0 Å². The molecule has 1 aliphatic rings. The monoisotopic (exact) mass is 455 g/mol. The Kier molecular flexibility index (Phi) is 9.39. The van der Waals surface area contributed by atoms with Gasteiger partial charge in [-0.3, -0.25) is 4.90 Å². The van der Waals surface area contributed by atoms with E-state index in [1.165, 1.54) is 6.07 Å². The molecule has 0 spiro atoms. The summed E-state index contributed by atoms with van der Waals surface area (Å²) in [5, 5.41) is 0. The van der Waals surface area contributed by atoms with Gasteiger partial charge < -0.3 is 9.47 Å². The van der Waals surface area contributed by atoms with Gasteiger partial charge in [0.1, 0.15) is 30.5 Å². The van der Waals surface area contributed by atoms with E-state index in [4.69, 9.17) is 9.47 Å². The number of piperidine rings is 1. The average molecular weight is 456 g/mol. The van der Waals surface area contributed by atoms with Crippen molar-refractivity contribution in [3.8, 4) is 11.5 Å². The van der Waals surface area contributed by atoms with Crippen LogP contribution in [0.4, 0.5) is 4.39 Å². The first kappa shape index (κ1) is 24.1. The second-order valence-electron chi connectivity index (χ2n) is 8.21. The molecule has 3 nitrogen and oxygen atoms in total. The van der Waals surface area contributed by atoms with Crippen LogP contribution in [0.5, 0.6) is 11.5 Å². The summed E-state index contributed by atoms with van der Waals surface area (Å²) in [6.45, 7) is 4.33. The molecule has 0 bridgehead atoms. The Bertz CT molecular complexity index is 928. The maximum atomic E-state index is 13.4. The molecular formula is C27H31ClFNO2. The van der Waals surface area contributed by atoms with E-state index in [1.54, 1.807) is 12.1 Å². The molecule has 1 fully saturated rings. The highest BCUT2D eigenvalue weighted by Gasteiger charge is 2.19. The first-order valence-electron chi connectivity index (χ1n) is 11.1. The van der Waals surface area contributed by atoms with Crippen LogP contribution in [0.3, 0.4) is 0 Å². The zero-order chi connectivity index (χ0) is 21.3. The molecule has 0 aromatic heterocycles. The molecule has 3 aromatic rings. The highest BCUT2D eigenvalue weighted by molar-refractivity contribution is 5.85. The van der Waals surface area contributed by atoms with Crippen molar-refractivity contribution in [2.75, 3.05) is 26.2 Å². The van der Waals surface area contributed by atoms with E-state index in [0.29, 0.717) is 19.1 Å². The smallest absolute Gasteiger partial charge is 0.123 e. The number of halogens is 2. The fourth-order valence-electron chi connectivity index (χ4n) is 4.08. The third-order valence-corrected chi connectivity index (χ3v) is 5.87. The lowest BCUT2D eigenvalue weighted by Gasteiger charge is -2.31. The average Bonchev–Trinajstić information content (AvgIpc) is 2.80. The quantitative estimate of drug-likeness (QED) is 0.385. The molecule has 1 saturated heterocycles. The van der Waals surface area contributed by atoms with Crippen molar-refractivity contribution in [3.05, 3.63) is 95.8 Å². The molecule has 0 radical (unpaired) electrons. The largest absolute Gasteiger partial charge is 0.492 e. The molecule has 3 aromatic carbocycles. The van der Waals surface area contributed by atoms with Gasteiger partial charge in [0.15, 0.2) is 0 Å². The summed E-state index contributed by atoms with van der Waals surface area (Å²) in [4.78, 5) is 2.46. The molecule has 170 valence electrons. The Morgan fingerprint density at radius 3 is 2.12 bits per heavy atom. The summed E-state index contributed by atoms with van der Waals surface area (Å²) in [5.41, 5.74) is 2.26. The van der Waals surface area contributed by atoms with Gasteiger partial charge in [0, 0.05) is 6.54 Å². The first-order valence-corrected chi connectivity index (χ1v) is 11.1. The molecule has 0 unspecified atom stereocenters. The predicted octanol–water partition coefficient (Wildman–Crippen LogP) is 6.16. The van der Waals surface area contributed by atoms with Gasteiger partial charge in [0.25, 0.3) is 0 Å². The molecule has 0 saturated carbocycles. The SMILES string of the molecule is Cl.Fc1cccc(CC2CCN(CCOc3ccc(OCc4ccccc4)cc3)CC2)c1. The van der Waals surface area contributed by atoms with Gasteiger partial charge in [-0.15, -0.1) is 12.4 Å². The second-order valence-corrected chi connectivity index (χ2v) is 8.21. The van der Waals surface area contributed by atoms with Crippen LogP contribution in [0.15, 0.2) is 78.9 Å². The van der Waals surface area contributed by atoms with Crippen LogP contribution >= 0.6 is 12.4 Å². The molecule has 1 heterocycles. The standard InChI is InChI=1S/C27H30FNO2.ClH/c28-25-8-4-7-24(20-25)19-22-13-15-29(16-14-22)17-18-30-26-9-11-27(12-10-26)31-21-23-5-2-1-3-6-23;/h1-12,20,22H,13-19,21H2;1H. The van der Waals surface area contributed by atoms with Crippen LogP contribution in [0.25, 0.3) is 0 Å². The minimum atomic E-state index is -0.136. The fraction of sp³-hybridized carbons (Fsp3) is 0.333. The highest BCUT2D eigenvalue weighted by Crippen LogP contribution is 2.22. The van der Waals surface area contributed by atoms with E-state index in [2.05, 4.69) is 17.0 Å². The first-order chi connectivity index (χ1) is 15.2. The van der Waals surface area contributed by atoms with Crippen molar-refractivity contribution in [2.24, 2.45) is 5.92 Å². The lowest BCUT2D eigenvalue weighted by molar-refractivity contribution is 0.154. The van der Waals surface area contributed by atoms with Crippen LogP contribution in [0, 0.1) is 11.7 Å². The number of nitrogens with zero attached hydrogens (tertiary/aromatic N) is 1. The van der Waals surface area contributed by atoms with Crippen LogP contribution in [0.1, 0.15) is 24.0 Å². The van der Waals surface area contributed by atoms with Crippen molar-refractivity contribution >= 4 is 12.4 Å². The number of hydrogen-bond acceptors (Lipinski definition) is 3. The van der Waals surface area contributed by atoms with E-state index in [0.717, 1.165) is 61.5 Å². The molecule has 1 aliphatic heterocycles. The number of hydrogen-bond donors (Lipinski definition) is 0. The van der Waals surface area contributed by atoms with Crippen molar-refractivity contribution in [1.29, 1.82) is 0 Å². The molecule has 32 heavy (non-hydrogen) atoms. The number of benzene rings is 3. The highest BCUT2D eigenvalue weighted by atomic mass is 35.5. The van der Waals surface area contributed by atoms with Crippen molar-refractivity contribution < 1.29 is 13.9 Å². The lowest BCUT2D eigenvalue weighted by Crippen LogP contribution is -2.37. The summed E-state index contributed by atoms with van der Waals surface area (Å²) < 4.78 is 25.1. The van der Waals surface area contributed by atoms with Gasteiger partial charge in [-0.2, -0.15) is 0 Å². The third kappa shape index (κ3) is 7.54. The van der Waals surface area contributed by atoms with Crippen LogP contribution in [0.2, 0.25) is 0 Å². The second kappa shape index (κ2) is 12.5. The van der Waals surface area contributed by atoms with Crippen molar-refractivity contribution in [1.82, 2.24) is 4.90 Å². The Morgan fingerprint density at radius 2 is 1.44 bits per heavy atom. The lowest BCUT2D eigenvalue weighted by atomic mass is 9.90. The van der Waals surface area contributed by atoms with Gasteiger partial charge in [0.2, 0.25) is 0 Å². The molecular weight excluding hydrogens is 425 g/mol. The van der Waals surface area contributed by atoms with E-state index in [-0.39, 0.29) is 18.2 Å². The van der Waals surface area contributed by atoms with E-state index >= 15 is 0 Å². The summed E-state index contributed by atoms with van der Waals surface area (Å²) in [6.07, 6.45) is 3.29. The van der Waals surface area contributed by atoms with Gasteiger partial charge >= 0.3 is 0 Å². The predicted molar refractivity (Wildman–Crippen MR) is 129 cm³/mol. The Balaban J connectivity index is 0.00000289. The minimum absolute atomic E-state index is 0. The summed E-state index contributed by atoms with van der Waals surface area (Å²) in [7, 11) is 0. The zero-order valence-corrected chi connectivity index (χ0v) is 19.1. The van der Waals surface area contributed by atoms with Gasteiger partial charge in [-0.05, 0) is 85.8 Å². The Morgan fingerprint density at radius 1 is 0.781 bits per heavy atom. The normalized spacial score (nSPS) is 14.5. The Hall–Kier alpha value is -2.56. The van der Waals surface area contributed by atoms with Crippen LogP contribution in [-0.4, -0.2) is 31.1 Å². The van der Waals surface area contributed by atoms with Gasteiger partial charge in [-0.1, -0.05) is 42.5 Å². The van der Waals surface area contributed by atoms with Crippen molar-refractivity contribution in [2.45, 2.75) is 25.9 Å². The molecule has 0 N–H and O–H groups in total. The maximum absolute atomic E-state index is 13.4. The molecule has 0 aliphatic carbocycles. The van der Waals surface area contributed by atoms with Crippen molar-refractivity contribution in [3.63, 3.8) is 0 Å². The fourth-order valence-corrected chi connectivity index (χ4v) is 4.08. The minimum Gasteiger partial charge on any atom is -0.492 e. The summed E-state index contributed by atoms with van der Waals surface area (Å²) in [6, 6.07) is 25.0. The van der Waals surface area contributed by atoms with E-state index in [1.807, 2.05) is 48.5 Å². The zero-order valence-electron chi connectivity index (χ0n) is 18.3. The summed E-state index contributed by atoms with van der Waals surface area (Å²) in [5.74, 6) is 2.22.